The quantitative estimate of drug-likeness (QED) is 0.0333. The first kappa shape index (κ1) is 50.0. The molecule has 1 saturated carbocycles. The smallest absolute Gasteiger partial charge is 0.340 e. The molecule has 0 radical (unpaired) electrons. The first-order valence-electron chi connectivity index (χ1n) is 22.7. The summed E-state index contributed by atoms with van der Waals surface area (Å²) in [5.74, 6) is -0.0213. The molecule has 69 heavy (non-hydrogen) atoms. The number of nitrogens with one attached hydrogen (secondary N) is 8. The van der Waals surface area contributed by atoms with Gasteiger partial charge >= 0.3 is 53.7 Å². The van der Waals surface area contributed by atoms with Crippen molar-refractivity contribution < 1.29 is 58.6 Å². The Hall–Kier alpha value is -8.46. The number of hydrogen-bond donors (Lipinski definition) is 24. The molecule has 3 heterocycles. The molecule has 1 saturated heterocycles. The van der Waals surface area contributed by atoms with Gasteiger partial charge in [-0.05, 0) is 36.1 Å². The lowest BCUT2D eigenvalue weighted by atomic mass is 9.88. The highest BCUT2D eigenvalue weighted by molar-refractivity contribution is 5.85. The van der Waals surface area contributed by atoms with Crippen LogP contribution in [0.2, 0.25) is 0 Å². The first-order chi connectivity index (χ1) is 32.8. The summed E-state index contributed by atoms with van der Waals surface area (Å²) >= 11 is 0. The van der Waals surface area contributed by atoms with Crippen molar-refractivity contribution in [3.05, 3.63) is 57.6 Å². The maximum Gasteiger partial charge on any atom is 0.704 e. The van der Waals surface area contributed by atoms with E-state index in [2.05, 4.69) is 73.7 Å². The molecule has 6 rings (SSSR count). The Morgan fingerprint density at radius 3 is 0.942 bits per heavy atom. The highest BCUT2D eigenvalue weighted by Gasteiger charge is 2.77. The van der Waals surface area contributed by atoms with Crippen LogP contribution in [0.15, 0.2) is 24.3 Å². The number of benzene rings is 2. The van der Waals surface area contributed by atoms with Gasteiger partial charge < -0.3 is 9.47 Å². The molecule has 40 N–H and O–H groups in total. The summed E-state index contributed by atoms with van der Waals surface area (Å²) in [6.45, 7) is 2.32. The van der Waals surface area contributed by atoms with Crippen LogP contribution in [0.3, 0.4) is 0 Å². The van der Waals surface area contributed by atoms with Gasteiger partial charge in [0.15, 0.2) is 23.9 Å². The summed E-state index contributed by atoms with van der Waals surface area (Å²) < 4.78 is 19.5. The molecule has 1 spiro atoms. The number of nitrogens with zero attached hydrogens (tertiary/aromatic N) is 2. The zero-order valence-corrected chi connectivity index (χ0v) is 38.9. The van der Waals surface area contributed by atoms with E-state index < -0.39 is 17.9 Å². The van der Waals surface area contributed by atoms with Gasteiger partial charge in [0.05, 0.1) is 63.5 Å². The summed E-state index contributed by atoms with van der Waals surface area (Å²) in [6, 6.07) is 6.60. The van der Waals surface area contributed by atoms with E-state index in [1.807, 2.05) is 12.1 Å². The maximum atomic E-state index is 7.54. The lowest BCUT2D eigenvalue weighted by molar-refractivity contribution is -0.866. The highest BCUT2D eigenvalue weighted by atomic mass is 16.7. The predicted octanol–water partition coefficient (Wildman–Crippen LogP) is -21.9. The Labute approximate surface area is 398 Å². The van der Waals surface area contributed by atoms with Crippen LogP contribution in [0.5, 0.6) is 11.5 Å². The van der Waals surface area contributed by atoms with Gasteiger partial charge in [-0.25, -0.2) is 0 Å². The molecule has 2 aromatic carbocycles. The predicted molar refractivity (Wildman–Crippen MR) is 258 cm³/mol. The van der Waals surface area contributed by atoms with Crippen molar-refractivity contribution in [1.82, 2.24) is 0 Å². The van der Waals surface area contributed by atoms with E-state index in [9.17, 15) is 0 Å². The van der Waals surface area contributed by atoms with Gasteiger partial charge in [-0.1, -0.05) is 21.3 Å². The summed E-state index contributed by atoms with van der Waals surface area (Å²) in [6.07, 6.45) is 7.93. The van der Waals surface area contributed by atoms with Crippen molar-refractivity contribution in [2.24, 2.45) is 91.7 Å². The summed E-state index contributed by atoms with van der Waals surface area (Å²) in [4.78, 5) is 24.6. The molecule has 2 atom stereocenters. The van der Waals surface area contributed by atoms with Crippen molar-refractivity contribution in [3.63, 3.8) is 0 Å². The van der Waals surface area contributed by atoms with Gasteiger partial charge in [0.1, 0.15) is 0 Å². The number of hydrogen-bond acceptors (Lipinski definition) is 2. The molecular formula is C41H76N26O2+10. The van der Waals surface area contributed by atoms with Crippen LogP contribution in [0.25, 0.3) is 0 Å². The summed E-state index contributed by atoms with van der Waals surface area (Å²) in [7, 11) is 0. The van der Waals surface area contributed by atoms with Gasteiger partial charge in [0, 0.05) is 47.6 Å². The van der Waals surface area contributed by atoms with E-state index in [1.165, 1.54) is 0 Å². The van der Waals surface area contributed by atoms with Crippen LogP contribution in [0.4, 0.5) is 0 Å². The van der Waals surface area contributed by atoms with Crippen molar-refractivity contribution in [2.75, 3.05) is 52.4 Å². The number of nitrogens with two attached hydrogens (primary N) is 16. The second-order valence-electron chi connectivity index (χ2n) is 17.8. The fraction of sp³-hybridized carbons (Fsp3) is 0.463. The number of rotatable bonds is 20. The lowest BCUT2D eigenvalue weighted by Gasteiger charge is -2.32. The van der Waals surface area contributed by atoms with Gasteiger partial charge in [-0.2, -0.15) is 0 Å². The molecule has 2 aromatic rings. The van der Waals surface area contributed by atoms with E-state index in [0.29, 0.717) is 37.7 Å². The average molecular weight is 965 g/mol. The molecule has 0 bridgehead atoms. The molecule has 28 nitrogen and oxygen atoms in total. The molecular weight excluding hydrogens is 889 g/mol. The minimum Gasteiger partial charge on any atom is -0.340 e. The largest absolute Gasteiger partial charge is 0.704 e. The van der Waals surface area contributed by atoms with E-state index >= 15 is 0 Å². The second-order valence-corrected chi connectivity index (χ2v) is 17.8. The minimum atomic E-state index is -1.54. The molecule has 1 aliphatic carbocycles. The van der Waals surface area contributed by atoms with E-state index in [-0.39, 0.29) is 97.8 Å². The zero-order valence-electron chi connectivity index (χ0n) is 38.9. The Balaban J connectivity index is 1.66. The van der Waals surface area contributed by atoms with Crippen LogP contribution in [-0.4, -0.2) is 140 Å². The number of guanidine groups is 8. The SMILES string of the molecule is NC(N)=[NH+]CC(C[NH+]=C(N)N)c1cc2c(c(C(C[NH+]=C(N)N)C[NH+]=C(N)N)c1)OC13Oc4c(cc(C(C[NH+]=C(N)N)C[NH+]=C(N)N)cc4C(C[NH+]=C(N)N)C[NH+]=C(N)N)C=[N+]1C1CCCCC1[N+]3=C2. The molecule has 0 amide bonds. The molecule has 28 heteroatoms. The number of ether oxygens (including phenoxy) is 2. The van der Waals surface area contributed by atoms with Gasteiger partial charge in [0.2, 0.25) is 12.1 Å². The van der Waals surface area contributed by atoms with Crippen LogP contribution < -0.4 is 141 Å². The third kappa shape index (κ3) is 11.9. The second kappa shape index (κ2) is 21.4. The highest BCUT2D eigenvalue weighted by Crippen LogP contribution is 2.48. The fourth-order valence-corrected chi connectivity index (χ4v) is 9.48. The summed E-state index contributed by atoms with van der Waals surface area (Å²) in [5.41, 5.74) is 100.0. The first-order valence-corrected chi connectivity index (χ1v) is 22.7. The fourth-order valence-electron chi connectivity index (χ4n) is 9.48. The standard InChI is InChI=1S/C41H68N26O2/c42-33(43)58-9-23(10-59-34(44)45)19-5-21-17-66-29-3-1-2-4-30(29)67-18-22-6-20(24(11-60-35(46)47)12-61-36(48)49)8-28(26(15-64-39(54)55)16-65-40(56)57)32(22)69-41(66,67)68-31(21)27(7-19)25(13-62-37(50)51)14-63-38(52)53/h5-8,17-18,23-26,29-30H,1-4,9-16H2,(H4,42,43,58)(H4,44,45,59)(H4,46,47,60)(H4,48,49,61)(H4,50,51,62)(H4,52,53,63)(H4,54,55,64)(H4,56,57,65)/q+2/p+8. The van der Waals surface area contributed by atoms with Crippen LogP contribution in [-0.2, 0) is 0 Å². The molecule has 2 fully saturated rings. The van der Waals surface area contributed by atoms with E-state index in [1.54, 1.807) is 0 Å². The topological polar surface area (TPSA) is 553 Å². The molecule has 2 unspecified atom stereocenters. The molecule has 0 aromatic heterocycles. The third-order valence-corrected chi connectivity index (χ3v) is 12.7. The van der Waals surface area contributed by atoms with Crippen molar-refractivity contribution in [1.29, 1.82) is 0 Å². The van der Waals surface area contributed by atoms with Gasteiger partial charge in [-0.15, -0.1) is 0 Å². The monoisotopic (exact) mass is 965 g/mol. The Kier molecular flexibility index (Phi) is 15.5. The third-order valence-electron chi connectivity index (χ3n) is 12.7. The van der Waals surface area contributed by atoms with Gasteiger partial charge in [0.25, 0.3) is 0 Å². The molecule has 372 valence electrons. The molecule has 4 aliphatic rings. The molecule has 3 aliphatic heterocycles. The Morgan fingerprint density at radius 1 is 0.420 bits per heavy atom. The van der Waals surface area contributed by atoms with E-state index in [0.717, 1.165) is 59.1 Å². The van der Waals surface area contributed by atoms with Crippen LogP contribution in [0.1, 0.15) is 82.7 Å². The van der Waals surface area contributed by atoms with Crippen LogP contribution in [0, 0.1) is 0 Å². The van der Waals surface area contributed by atoms with Crippen molar-refractivity contribution in [3.8, 4) is 11.5 Å². The zero-order chi connectivity index (χ0) is 50.2. The van der Waals surface area contributed by atoms with Gasteiger partial charge in [-0.3, -0.25) is 132 Å². The minimum absolute atomic E-state index is 0.0190. The lowest BCUT2D eigenvalue weighted by Crippen LogP contribution is -2.84. The number of fused-ring (bicyclic) bond motifs is 5. The van der Waals surface area contributed by atoms with E-state index in [4.69, 9.17) is 101 Å². The normalized spacial score (nSPS) is 18.3. The van der Waals surface area contributed by atoms with Crippen molar-refractivity contribution >= 4 is 60.1 Å². The maximum absolute atomic E-state index is 7.54. The summed E-state index contributed by atoms with van der Waals surface area (Å²) in [5, 5.41) is 0. The Bertz CT molecular complexity index is 2270. The van der Waals surface area contributed by atoms with Crippen LogP contribution >= 0.6 is 0 Å². The average Bonchev–Trinajstić information content (AvgIpc) is 3.54. The Morgan fingerprint density at radius 2 is 0.681 bits per heavy atom. The van der Waals surface area contributed by atoms with Crippen molar-refractivity contribution in [2.45, 2.75) is 67.5 Å².